The molecule has 12 atom stereocenters. The van der Waals surface area contributed by atoms with Gasteiger partial charge in [-0.3, -0.25) is 24.1 Å². The number of hydrogen-bond acceptors (Lipinski definition) is 16. The van der Waals surface area contributed by atoms with Gasteiger partial charge >= 0.3 is 42.3 Å². The minimum atomic E-state index is -1.75. The second kappa shape index (κ2) is 24.2. The second-order valence-corrected chi connectivity index (χ2v) is 29.3. The average molecular weight is 1180 g/mol. The normalized spacial score (nSPS) is 32.3. The van der Waals surface area contributed by atoms with Crippen LogP contribution in [0.15, 0.2) is 23.3 Å². The SMILES string of the molecule is CC(=O)O[C@H]1C[C@@]2(C)C3CC[C@H]4[C@H](C)C(=O)C=C[C@@]45C[C@@]35CC[C@]2(C)[C@H]1[C@H](C)[C@H]1OC(=O)C2=C(C1=O)[C@@H](C)COC(=O)CN(CCCN(CCCCN(CCCNC(=O)OC(C)(C)C)C(=O)OC(C)(C)C)C(=O)OC(C)(C)C)C(=O)OC2(C)C. The second-order valence-electron chi connectivity index (χ2n) is 29.3. The summed E-state index contributed by atoms with van der Waals surface area (Å²) in [6.45, 7) is 30.8. The van der Waals surface area contributed by atoms with Gasteiger partial charge in [0.15, 0.2) is 11.9 Å². The Hall–Kier alpha value is -5.69. The standard InChI is InChI=1S/C64H98N4O16/c1-38-36-78-46(71)35-68(33-21-32-67(55(76)83-59(11,12)13)30-19-18-29-66(54(75)82-58(8,9)10)31-20-28-65-53(74)81-57(5,6)7)56(77)84-60(14,15)49-47(38)50(72)51(80-52(49)73)40(3)48-44(79-41(4)69)34-62(17)45-23-22-42-39(2)43(70)24-25-63(42)37-64(45,63)27-26-61(48,62)16/h24-25,38-40,42,44-45,48,51H,18-23,26-37H2,1-17H3,(H,65,74)/t38-,39-,40-,42-,44-,45?,48-,51+,61+,62-,63+,64-/m0/s1. The molecule has 0 aromatic heterocycles. The van der Waals surface area contributed by atoms with Crippen LogP contribution in [0.25, 0.3) is 0 Å². The number of ether oxygens (including phenoxy) is 7. The molecular formula is C64H98N4O16. The summed E-state index contributed by atoms with van der Waals surface area (Å²) in [4.78, 5) is 128. The van der Waals surface area contributed by atoms with Crippen molar-refractivity contribution in [1.29, 1.82) is 0 Å². The summed E-state index contributed by atoms with van der Waals surface area (Å²) in [6, 6.07) is 0. The third-order valence-corrected chi connectivity index (χ3v) is 19.7. The van der Waals surface area contributed by atoms with E-state index in [-0.39, 0.29) is 97.3 Å². The highest BCUT2D eigenvalue weighted by Gasteiger charge is 2.82. The fraction of sp³-hybridized carbons (Fsp3) is 0.797. The van der Waals surface area contributed by atoms with Crippen LogP contribution >= 0.6 is 0 Å². The smallest absolute Gasteiger partial charge is 0.411 e. The van der Waals surface area contributed by atoms with Crippen LogP contribution in [0, 0.1) is 57.2 Å². The van der Waals surface area contributed by atoms with Crippen LogP contribution < -0.4 is 5.32 Å². The molecule has 0 saturated heterocycles. The van der Waals surface area contributed by atoms with Gasteiger partial charge in [-0.1, -0.05) is 40.7 Å². The van der Waals surface area contributed by atoms with Gasteiger partial charge in [-0.15, -0.1) is 0 Å². The Morgan fingerprint density at radius 2 is 1.37 bits per heavy atom. The topological polar surface area (TPSA) is 240 Å². The van der Waals surface area contributed by atoms with Gasteiger partial charge < -0.3 is 48.3 Å². The fourth-order valence-electron chi connectivity index (χ4n) is 16.0. The van der Waals surface area contributed by atoms with Gasteiger partial charge in [0.1, 0.15) is 35.1 Å². The van der Waals surface area contributed by atoms with Crippen LogP contribution in [0.5, 0.6) is 0 Å². The molecule has 4 fully saturated rings. The van der Waals surface area contributed by atoms with E-state index in [0.29, 0.717) is 31.6 Å². The van der Waals surface area contributed by atoms with Crippen molar-refractivity contribution >= 4 is 53.8 Å². The minimum Gasteiger partial charge on any atom is -0.464 e. The Kier molecular flexibility index (Phi) is 19.0. The van der Waals surface area contributed by atoms with Crippen molar-refractivity contribution in [2.24, 2.45) is 57.2 Å². The maximum Gasteiger partial charge on any atom is 0.411 e. The molecule has 20 heteroatoms. The first-order chi connectivity index (χ1) is 38.8. The van der Waals surface area contributed by atoms with E-state index >= 15 is 4.79 Å². The first kappa shape index (κ1) is 65.8. The van der Waals surface area contributed by atoms with E-state index in [1.165, 1.54) is 25.7 Å². The summed E-state index contributed by atoms with van der Waals surface area (Å²) in [7, 11) is 0. The number of esters is 3. The predicted molar refractivity (Wildman–Crippen MR) is 310 cm³/mol. The molecule has 0 aromatic carbocycles. The molecule has 1 N–H and O–H groups in total. The first-order valence-corrected chi connectivity index (χ1v) is 30.8. The van der Waals surface area contributed by atoms with E-state index in [4.69, 9.17) is 33.2 Å². The Bertz CT molecular complexity index is 2640. The van der Waals surface area contributed by atoms with Crippen LogP contribution in [0.1, 0.15) is 182 Å². The zero-order valence-electron chi connectivity index (χ0n) is 53.4. The third kappa shape index (κ3) is 13.6. The highest BCUT2D eigenvalue weighted by molar-refractivity contribution is 6.11. The molecule has 5 aliphatic carbocycles. The summed E-state index contributed by atoms with van der Waals surface area (Å²) >= 11 is 0. The van der Waals surface area contributed by atoms with Crippen molar-refractivity contribution in [3.8, 4) is 0 Å². The highest BCUT2D eigenvalue weighted by atomic mass is 16.6. The zero-order chi connectivity index (χ0) is 62.5. The number of amides is 4. The number of carbonyl (C=O) groups is 9. The highest BCUT2D eigenvalue weighted by Crippen LogP contribution is 2.87. The Morgan fingerprint density at radius 3 is 1.95 bits per heavy atom. The summed E-state index contributed by atoms with van der Waals surface area (Å²) in [5.74, 6) is -3.67. The van der Waals surface area contributed by atoms with Crippen LogP contribution in [-0.4, -0.2) is 156 Å². The molecule has 7 rings (SSSR count). The maximum absolute atomic E-state index is 15.4. The van der Waals surface area contributed by atoms with Crippen molar-refractivity contribution in [2.45, 2.75) is 217 Å². The molecule has 0 radical (unpaired) electrons. The number of unbranched alkanes of at least 4 members (excludes halogenated alkanes) is 1. The molecule has 20 nitrogen and oxygen atoms in total. The molecule has 7 aliphatic rings. The van der Waals surface area contributed by atoms with Gasteiger partial charge in [0.2, 0.25) is 5.78 Å². The quantitative estimate of drug-likeness (QED) is 0.0858. The molecule has 470 valence electrons. The fourth-order valence-corrected chi connectivity index (χ4v) is 16.0. The van der Waals surface area contributed by atoms with Gasteiger partial charge in [-0.25, -0.2) is 24.0 Å². The van der Waals surface area contributed by atoms with Crippen LogP contribution in [0.3, 0.4) is 0 Å². The molecule has 4 saturated carbocycles. The van der Waals surface area contributed by atoms with Crippen molar-refractivity contribution < 1.29 is 76.3 Å². The number of rotatable bonds is 16. The van der Waals surface area contributed by atoms with Gasteiger partial charge in [-0.05, 0) is 180 Å². The molecule has 84 heavy (non-hydrogen) atoms. The number of allylic oxidation sites excluding steroid dienone is 2. The van der Waals surface area contributed by atoms with E-state index in [2.05, 4.69) is 32.2 Å². The minimum absolute atomic E-state index is 0.0200. The summed E-state index contributed by atoms with van der Waals surface area (Å²) < 4.78 is 41.3. The third-order valence-electron chi connectivity index (χ3n) is 19.7. The Labute approximate surface area is 497 Å². The Balaban J connectivity index is 1.04. The number of cyclic esters (lactones) is 3. The van der Waals surface area contributed by atoms with Crippen molar-refractivity contribution in [3.05, 3.63) is 23.3 Å². The zero-order valence-corrected chi connectivity index (χ0v) is 53.4. The lowest BCUT2D eigenvalue weighted by Gasteiger charge is -2.61. The molecule has 2 aliphatic heterocycles. The lowest BCUT2D eigenvalue weighted by atomic mass is 9.43. The van der Waals surface area contributed by atoms with Crippen LogP contribution in [0.2, 0.25) is 0 Å². The molecule has 2 heterocycles. The summed E-state index contributed by atoms with van der Waals surface area (Å²) in [6.07, 6.45) is 6.22. The molecule has 2 spiro atoms. The number of hydrogen-bond donors (Lipinski definition) is 1. The lowest BCUT2D eigenvalue weighted by Crippen LogP contribution is -2.56. The molecular weight excluding hydrogens is 1080 g/mol. The monoisotopic (exact) mass is 1180 g/mol. The van der Waals surface area contributed by atoms with Gasteiger partial charge in [0, 0.05) is 75.4 Å². The van der Waals surface area contributed by atoms with Crippen molar-refractivity contribution in [2.75, 3.05) is 52.4 Å². The number of carbonyl (C=O) groups excluding carboxylic acids is 9. The number of Topliss-reactive ketones (excluding diaryl/α,β-unsaturated/α-hetero) is 1. The molecule has 1 unspecified atom stereocenters. The van der Waals surface area contributed by atoms with E-state index in [9.17, 15) is 38.4 Å². The average Bonchev–Trinajstić information content (AvgIpc) is 1.47. The number of nitrogens with one attached hydrogen (secondary N) is 1. The molecule has 0 aromatic rings. The summed E-state index contributed by atoms with van der Waals surface area (Å²) in [5, 5.41) is 2.71. The van der Waals surface area contributed by atoms with Crippen LogP contribution in [0.4, 0.5) is 19.2 Å². The van der Waals surface area contributed by atoms with E-state index < -0.39 is 112 Å². The largest absolute Gasteiger partial charge is 0.464 e. The van der Waals surface area contributed by atoms with E-state index in [1.54, 1.807) is 74.1 Å². The first-order valence-electron chi connectivity index (χ1n) is 30.8. The number of nitrogens with zero attached hydrogens (tertiary/aromatic N) is 3. The number of alkyl carbamates (subject to hydrolysis) is 1. The van der Waals surface area contributed by atoms with Gasteiger partial charge in [0.05, 0.1) is 12.2 Å². The lowest BCUT2D eigenvalue weighted by molar-refractivity contribution is -0.169. The van der Waals surface area contributed by atoms with E-state index in [0.717, 1.165) is 37.0 Å². The van der Waals surface area contributed by atoms with Crippen LogP contribution in [-0.2, 0) is 57.1 Å². The summed E-state index contributed by atoms with van der Waals surface area (Å²) in [5.41, 5.74) is -4.90. The number of ketones is 2. The molecule has 4 amide bonds. The van der Waals surface area contributed by atoms with Crippen molar-refractivity contribution in [1.82, 2.24) is 20.0 Å². The Morgan fingerprint density at radius 1 is 0.786 bits per heavy atom. The predicted octanol–water partition coefficient (Wildman–Crippen LogP) is 10.3. The van der Waals surface area contributed by atoms with Gasteiger partial charge in [-0.2, -0.15) is 0 Å². The van der Waals surface area contributed by atoms with Gasteiger partial charge in [0.25, 0.3) is 0 Å². The molecule has 0 bridgehead atoms. The van der Waals surface area contributed by atoms with E-state index in [1.807, 2.05) is 13.0 Å². The maximum atomic E-state index is 15.4. The van der Waals surface area contributed by atoms with Crippen molar-refractivity contribution in [3.63, 3.8) is 0 Å². The number of fused-ring (bicyclic) bond motifs is 2.